The van der Waals surface area contributed by atoms with Gasteiger partial charge in [-0.3, -0.25) is 9.52 Å². The summed E-state index contributed by atoms with van der Waals surface area (Å²) in [5, 5.41) is 2.85. The van der Waals surface area contributed by atoms with E-state index < -0.39 is 10.0 Å². The molecule has 1 aromatic carbocycles. The van der Waals surface area contributed by atoms with Crippen LogP contribution in [0.1, 0.15) is 45.6 Å². The third kappa shape index (κ3) is 6.05. The van der Waals surface area contributed by atoms with Crippen molar-refractivity contribution in [3.8, 4) is 0 Å². The average Bonchev–Trinajstić information content (AvgIpc) is 2.40. The Morgan fingerprint density at radius 1 is 1.23 bits per heavy atom. The standard InChI is InChI=1S/C16H26N2O3S/c1-5-11-22(20,21)18-15-8-6-7-14(13(15)4)17-16(19)10-9-12(2)3/h6-8,12,18H,5,9-11H2,1-4H3,(H,17,19). The van der Waals surface area contributed by atoms with E-state index in [9.17, 15) is 13.2 Å². The maximum Gasteiger partial charge on any atom is 0.232 e. The van der Waals surface area contributed by atoms with Gasteiger partial charge in [0.25, 0.3) is 0 Å². The summed E-state index contributed by atoms with van der Waals surface area (Å²) in [5.74, 6) is 0.502. The Morgan fingerprint density at radius 3 is 2.45 bits per heavy atom. The van der Waals surface area contributed by atoms with Crippen molar-refractivity contribution in [1.29, 1.82) is 0 Å². The molecule has 1 rings (SSSR count). The van der Waals surface area contributed by atoms with Crippen LogP contribution in [-0.2, 0) is 14.8 Å². The van der Waals surface area contributed by atoms with E-state index in [0.29, 0.717) is 30.1 Å². The molecule has 0 saturated carbocycles. The first kappa shape index (κ1) is 18.5. The normalized spacial score (nSPS) is 11.5. The smallest absolute Gasteiger partial charge is 0.232 e. The second-order valence-electron chi connectivity index (χ2n) is 5.88. The van der Waals surface area contributed by atoms with Crippen LogP contribution in [0.2, 0.25) is 0 Å². The van der Waals surface area contributed by atoms with E-state index in [0.717, 1.165) is 12.0 Å². The highest BCUT2D eigenvalue weighted by molar-refractivity contribution is 7.92. The number of carbonyl (C=O) groups excluding carboxylic acids is 1. The fraction of sp³-hybridized carbons (Fsp3) is 0.562. The molecule has 0 bridgehead atoms. The lowest BCUT2D eigenvalue weighted by Crippen LogP contribution is -2.18. The van der Waals surface area contributed by atoms with Gasteiger partial charge < -0.3 is 5.32 Å². The van der Waals surface area contributed by atoms with E-state index in [1.54, 1.807) is 25.1 Å². The maximum atomic E-state index is 11.9. The quantitative estimate of drug-likeness (QED) is 0.767. The highest BCUT2D eigenvalue weighted by Crippen LogP contribution is 2.24. The number of hydrogen-bond donors (Lipinski definition) is 2. The Bertz CT molecular complexity index is 610. The lowest BCUT2D eigenvalue weighted by Gasteiger charge is -2.14. The highest BCUT2D eigenvalue weighted by Gasteiger charge is 2.13. The fourth-order valence-electron chi connectivity index (χ4n) is 2.00. The van der Waals surface area contributed by atoms with Gasteiger partial charge in [-0.2, -0.15) is 0 Å². The van der Waals surface area contributed by atoms with Crippen LogP contribution < -0.4 is 10.0 Å². The second-order valence-corrected chi connectivity index (χ2v) is 7.72. The number of sulfonamides is 1. The van der Waals surface area contributed by atoms with E-state index in [4.69, 9.17) is 0 Å². The monoisotopic (exact) mass is 326 g/mol. The lowest BCUT2D eigenvalue weighted by atomic mass is 10.1. The zero-order chi connectivity index (χ0) is 16.8. The minimum absolute atomic E-state index is 0.0506. The first-order valence-electron chi connectivity index (χ1n) is 7.65. The predicted molar refractivity (Wildman–Crippen MR) is 91.6 cm³/mol. The summed E-state index contributed by atoms with van der Waals surface area (Å²) in [7, 11) is -3.34. The Kier molecular flexibility index (Phi) is 6.87. The van der Waals surface area contributed by atoms with E-state index in [1.807, 2.05) is 6.92 Å². The molecule has 124 valence electrons. The second kappa shape index (κ2) is 8.17. The van der Waals surface area contributed by atoms with Crippen molar-refractivity contribution in [2.24, 2.45) is 5.92 Å². The minimum atomic E-state index is -3.34. The summed E-state index contributed by atoms with van der Waals surface area (Å²) in [6, 6.07) is 5.21. The van der Waals surface area contributed by atoms with Crippen molar-refractivity contribution in [3.63, 3.8) is 0 Å². The molecule has 0 fully saturated rings. The van der Waals surface area contributed by atoms with Crippen LogP contribution >= 0.6 is 0 Å². The van der Waals surface area contributed by atoms with Gasteiger partial charge in [0.2, 0.25) is 15.9 Å². The molecular formula is C16H26N2O3S. The third-order valence-electron chi connectivity index (χ3n) is 3.29. The van der Waals surface area contributed by atoms with Crippen LogP contribution in [-0.4, -0.2) is 20.1 Å². The van der Waals surface area contributed by atoms with E-state index in [2.05, 4.69) is 23.9 Å². The maximum absolute atomic E-state index is 11.9. The molecule has 5 nitrogen and oxygen atoms in total. The lowest BCUT2D eigenvalue weighted by molar-refractivity contribution is -0.116. The molecule has 0 aliphatic heterocycles. The van der Waals surface area contributed by atoms with Crippen molar-refractivity contribution in [2.45, 2.75) is 47.0 Å². The van der Waals surface area contributed by atoms with Crippen LogP contribution in [0.4, 0.5) is 11.4 Å². The molecule has 0 radical (unpaired) electrons. The van der Waals surface area contributed by atoms with E-state index >= 15 is 0 Å². The van der Waals surface area contributed by atoms with Gasteiger partial charge in [-0.25, -0.2) is 8.42 Å². The zero-order valence-corrected chi connectivity index (χ0v) is 14.6. The highest BCUT2D eigenvalue weighted by atomic mass is 32.2. The Labute approximate surface area is 133 Å². The number of hydrogen-bond acceptors (Lipinski definition) is 3. The van der Waals surface area contributed by atoms with Crippen LogP contribution in [0.5, 0.6) is 0 Å². The van der Waals surface area contributed by atoms with E-state index in [1.165, 1.54) is 0 Å². The third-order valence-corrected chi connectivity index (χ3v) is 4.77. The molecular weight excluding hydrogens is 300 g/mol. The summed E-state index contributed by atoms with van der Waals surface area (Å²) in [5.41, 5.74) is 1.88. The first-order chi connectivity index (χ1) is 10.2. The Hall–Kier alpha value is -1.56. The molecule has 2 N–H and O–H groups in total. The molecule has 0 saturated heterocycles. The van der Waals surface area contributed by atoms with Crippen molar-refractivity contribution in [2.75, 3.05) is 15.8 Å². The zero-order valence-electron chi connectivity index (χ0n) is 13.8. The van der Waals surface area contributed by atoms with Gasteiger partial charge in [-0.05, 0) is 43.4 Å². The molecule has 22 heavy (non-hydrogen) atoms. The van der Waals surface area contributed by atoms with Crippen LogP contribution in [0.15, 0.2) is 18.2 Å². The molecule has 0 spiro atoms. The van der Waals surface area contributed by atoms with Gasteiger partial charge >= 0.3 is 0 Å². The molecule has 0 heterocycles. The molecule has 0 atom stereocenters. The molecule has 0 aromatic heterocycles. The first-order valence-corrected chi connectivity index (χ1v) is 9.30. The summed E-state index contributed by atoms with van der Waals surface area (Å²) in [6.07, 6.45) is 1.84. The van der Waals surface area contributed by atoms with E-state index in [-0.39, 0.29) is 11.7 Å². The average molecular weight is 326 g/mol. The molecule has 0 aliphatic rings. The van der Waals surface area contributed by atoms with Gasteiger partial charge in [-0.1, -0.05) is 26.8 Å². The molecule has 1 amide bonds. The van der Waals surface area contributed by atoms with Crippen molar-refractivity contribution in [1.82, 2.24) is 0 Å². The summed E-state index contributed by atoms with van der Waals surface area (Å²) in [6.45, 7) is 7.75. The summed E-state index contributed by atoms with van der Waals surface area (Å²) in [4.78, 5) is 11.9. The number of anilines is 2. The van der Waals surface area contributed by atoms with Gasteiger partial charge in [0, 0.05) is 12.1 Å². The Morgan fingerprint density at radius 2 is 1.86 bits per heavy atom. The topological polar surface area (TPSA) is 75.3 Å². The summed E-state index contributed by atoms with van der Waals surface area (Å²) < 4.78 is 26.3. The van der Waals surface area contributed by atoms with Crippen molar-refractivity contribution in [3.05, 3.63) is 23.8 Å². The molecule has 1 aromatic rings. The Balaban J connectivity index is 2.83. The number of amides is 1. The van der Waals surface area contributed by atoms with Crippen LogP contribution in [0.3, 0.4) is 0 Å². The van der Waals surface area contributed by atoms with Crippen molar-refractivity contribution < 1.29 is 13.2 Å². The van der Waals surface area contributed by atoms with Crippen LogP contribution in [0, 0.1) is 12.8 Å². The SMILES string of the molecule is CCCS(=O)(=O)Nc1cccc(NC(=O)CCC(C)C)c1C. The molecule has 0 aliphatic carbocycles. The van der Waals surface area contributed by atoms with Gasteiger partial charge in [0.15, 0.2) is 0 Å². The number of rotatable bonds is 8. The van der Waals surface area contributed by atoms with Gasteiger partial charge in [0.1, 0.15) is 0 Å². The van der Waals surface area contributed by atoms with Crippen LogP contribution in [0.25, 0.3) is 0 Å². The van der Waals surface area contributed by atoms with Gasteiger partial charge in [0.05, 0.1) is 11.4 Å². The predicted octanol–water partition coefficient (Wildman–Crippen LogP) is 3.52. The van der Waals surface area contributed by atoms with Gasteiger partial charge in [-0.15, -0.1) is 0 Å². The largest absolute Gasteiger partial charge is 0.326 e. The minimum Gasteiger partial charge on any atom is -0.326 e. The number of nitrogens with one attached hydrogen (secondary N) is 2. The molecule has 0 unspecified atom stereocenters. The summed E-state index contributed by atoms with van der Waals surface area (Å²) >= 11 is 0. The molecule has 6 heteroatoms. The number of benzene rings is 1. The van der Waals surface area contributed by atoms with Crippen molar-refractivity contribution >= 4 is 27.3 Å². The number of carbonyl (C=O) groups is 1. The fourth-order valence-corrected chi connectivity index (χ4v) is 3.20.